The molecule has 0 aromatic rings. The first-order chi connectivity index (χ1) is 6.49. The third kappa shape index (κ3) is 4.78. The molecule has 2 unspecified atom stereocenters. The van der Waals surface area contributed by atoms with Gasteiger partial charge in [-0.1, -0.05) is 6.92 Å². The van der Waals surface area contributed by atoms with Gasteiger partial charge >= 0.3 is 0 Å². The van der Waals surface area contributed by atoms with E-state index in [1.54, 1.807) is 6.92 Å². The number of hydrogen-bond acceptors (Lipinski definition) is 4. The van der Waals surface area contributed by atoms with E-state index < -0.39 is 12.0 Å². The summed E-state index contributed by atoms with van der Waals surface area (Å²) < 4.78 is 0. The second-order valence-corrected chi connectivity index (χ2v) is 3.14. The summed E-state index contributed by atoms with van der Waals surface area (Å²) >= 11 is 0. The zero-order valence-corrected chi connectivity index (χ0v) is 8.19. The van der Waals surface area contributed by atoms with Crippen LogP contribution >= 0.6 is 0 Å². The van der Waals surface area contributed by atoms with Crippen LogP contribution in [0.4, 0.5) is 0 Å². The molecule has 0 aromatic carbocycles. The van der Waals surface area contributed by atoms with Crippen LogP contribution in [0.25, 0.3) is 0 Å². The first kappa shape index (κ1) is 12.9. The fourth-order valence-electron chi connectivity index (χ4n) is 0.853. The van der Waals surface area contributed by atoms with Crippen LogP contribution in [0, 0.1) is 5.92 Å². The Kier molecular flexibility index (Phi) is 5.82. The van der Waals surface area contributed by atoms with Crippen molar-refractivity contribution in [3.05, 3.63) is 0 Å². The molecule has 2 atom stereocenters. The molecular formula is C8H17N3O3. The zero-order chi connectivity index (χ0) is 11.1. The van der Waals surface area contributed by atoms with Gasteiger partial charge in [0.15, 0.2) is 0 Å². The van der Waals surface area contributed by atoms with Gasteiger partial charge in [-0.3, -0.25) is 9.59 Å². The molecule has 0 rings (SSSR count). The number of aliphatic hydroxyl groups excluding tert-OH is 1. The number of carbonyl (C=O) groups is 2. The molecule has 82 valence electrons. The predicted octanol–water partition coefficient (Wildman–Crippen LogP) is -2.07. The standard InChI is InChI=1S/C8H17N3O3/c1-5(2-3-9)8(14)11-4-6(12)7(10)13/h5-6,12H,2-4,9H2,1H3,(H2,10,13)(H,11,14). The minimum absolute atomic E-state index is 0.150. The number of nitrogens with two attached hydrogens (primary N) is 2. The Labute approximate surface area is 82.6 Å². The van der Waals surface area contributed by atoms with Crippen molar-refractivity contribution in [2.24, 2.45) is 17.4 Å². The first-order valence-corrected chi connectivity index (χ1v) is 4.44. The summed E-state index contributed by atoms with van der Waals surface area (Å²) in [6.45, 7) is 1.99. The van der Waals surface area contributed by atoms with E-state index in [-0.39, 0.29) is 18.4 Å². The van der Waals surface area contributed by atoms with Gasteiger partial charge in [0, 0.05) is 5.92 Å². The maximum absolute atomic E-state index is 11.2. The van der Waals surface area contributed by atoms with Gasteiger partial charge in [-0.05, 0) is 13.0 Å². The molecular weight excluding hydrogens is 186 g/mol. The number of amides is 2. The van der Waals surface area contributed by atoms with Crippen molar-refractivity contribution in [2.45, 2.75) is 19.4 Å². The highest BCUT2D eigenvalue weighted by molar-refractivity contribution is 5.81. The molecule has 0 heterocycles. The minimum atomic E-state index is -1.33. The van der Waals surface area contributed by atoms with Crippen molar-refractivity contribution >= 4 is 11.8 Å². The minimum Gasteiger partial charge on any atom is -0.381 e. The van der Waals surface area contributed by atoms with E-state index in [0.717, 1.165) is 0 Å². The largest absolute Gasteiger partial charge is 0.381 e. The van der Waals surface area contributed by atoms with Crippen LogP contribution < -0.4 is 16.8 Å². The lowest BCUT2D eigenvalue weighted by Gasteiger charge is -2.12. The Morgan fingerprint density at radius 3 is 2.50 bits per heavy atom. The molecule has 0 saturated carbocycles. The normalized spacial score (nSPS) is 14.5. The number of aliphatic hydroxyl groups is 1. The molecule has 0 saturated heterocycles. The molecule has 0 aromatic heterocycles. The Bertz CT molecular complexity index is 208. The monoisotopic (exact) mass is 203 g/mol. The van der Waals surface area contributed by atoms with Crippen LogP contribution in [-0.4, -0.2) is 36.1 Å². The molecule has 0 aliphatic heterocycles. The third-order valence-electron chi connectivity index (χ3n) is 1.85. The quantitative estimate of drug-likeness (QED) is 0.396. The summed E-state index contributed by atoms with van der Waals surface area (Å²) in [6, 6.07) is 0. The van der Waals surface area contributed by atoms with E-state index in [0.29, 0.717) is 13.0 Å². The highest BCUT2D eigenvalue weighted by atomic mass is 16.3. The second kappa shape index (κ2) is 6.33. The molecule has 2 amide bonds. The van der Waals surface area contributed by atoms with Gasteiger partial charge in [-0.15, -0.1) is 0 Å². The molecule has 0 spiro atoms. The van der Waals surface area contributed by atoms with Gasteiger partial charge in [0.2, 0.25) is 11.8 Å². The second-order valence-electron chi connectivity index (χ2n) is 3.14. The zero-order valence-electron chi connectivity index (χ0n) is 8.19. The lowest BCUT2D eigenvalue weighted by molar-refractivity contribution is -0.128. The van der Waals surface area contributed by atoms with E-state index in [1.165, 1.54) is 0 Å². The van der Waals surface area contributed by atoms with Crippen molar-refractivity contribution in [1.82, 2.24) is 5.32 Å². The highest BCUT2D eigenvalue weighted by Crippen LogP contribution is 1.99. The Hall–Kier alpha value is -1.14. The third-order valence-corrected chi connectivity index (χ3v) is 1.85. The molecule has 0 fully saturated rings. The van der Waals surface area contributed by atoms with Crippen molar-refractivity contribution in [2.75, 3.05) is 13.1 Å². The molecule has 6 nitrogen and oxygen atoms in total. The predicted molar refractivity (Wildman–Crippen MR) is 51.0 cm³/mol. The van der Waals surface area contributed by atoms with Crippen molar-refractivity contribution in [3.8, 4) is 0 Å². The van der Waals surface area contributed by atoms with Crippen molar-refractivity contribution < 1.29 is 14.7 Å². The number of nitrogens with one attached hydrogen (secondary N) is 1. The molecule has 14 heavy (non-hydrogen) atoms. The van der Waals surface area contributed by atoms with Crippen LogP contribution in [0.2, 0.25) is 0 Å². The van der Waals surface area contributed by atoms with Crippen LogP contribution in [0.15, 0.2) is 0 Å². The van der Waals surface area contributed by atoms with E-state index in [9.17, 15) is 9.59 Å². The number of rotatable bonds is 6. The molecule has 0 aliphatic carbocycles. The average molecular weight is 203 g/mol. The van der Waals surface area contributed by atoms with Gasteiger partial charge in [0.05, 0.1) is 6.54 Å². The Morgan fingerprint density at radius 1 is 1.50 bits per heavy atom. The number of hydrogen-bond donors (Lipinski definition) is 4. The maximum Gasteiger partial charge on any atom is 0.248 e. The van der Waals surface area contributed by atoms with E-state index in [1.807, 2.05) is 0 Å². The lowest BCUT2D eigenvalue weighted by atomic mass is 10.1. The fraction of sp³-hybridized carbons (Fsp3) is 0.750. The van der Waals surface area contributed by atoms with Gasteiger partial charge in [-0.2, -0.15) is 0 Å². The molecule has 6 N–H and O–H groups in total. The van der Waals surface area contributed by atoms with Crippen molar-refractivity contribution in [3.63, 3.8) is 0 Å². The summed E-state index contributed by atoms with van der Waals surface area (Å²) in [5.74, 6) is -1.31. The van der Waals surface area contributed by atoms with Crippen LogP contribution in [0.3, 0.4) is 0 Å². The number of primary amides is 1. The van der Waals surface area contributed by atoms with E-state index in [4.69, 9.17) is 16.6 Å². The smallest absolute Gasteiger partial charge is 0.248 e. The van der Waals surface area contributed by atoms with Crippen LogP contribution in [0.1, 0.15) is 13.3 Å². The summed E-state index contributed by atoms with van der Waals surface area (Å²) in [7, 11) is 0. The fourth-order valence-corrected chi connectivity index (χ4v) is 0.853. The summed E-state index contributed by atoms with van der Waals surface area (Å²) in [6.07, 6.45) is -0.762. The molecule has 0 aliphatic rings. The lowest BCUT2D eigenvalue weighted by Crippen LogP contribution is -2.41. The molecule has 0 radical (unpaired) electrons. The Balaban J connectivity index is 3.78. The first-order valence-electron chi connectivity index (χ1n) is 4.44. The van der Waals surface area contributed by atoms with Crippen molar-refractivity contribution in [1.29, 1.82) is 0 Å². The summed E-state index contributed by atoms with van der Waals surface area (Å²) in [5.41, 5.74) is 10.1. The van der Waals surface area contributed by atoms with E-state index in [2.05, 4.69) is 5.32 Å². The molecule has 6 heteroatoms. The summed E-state index contributed by atoms with van der Waals surface area (Å²) in [5, 5.41) is 11.4. The SMILES string of the molecule is CC(CCN)C(=O)NCC(O)C(N)=O. The molecule has 0 bridgehead atoms. The van der Waals surface area contributed by atoms with Crippen LogP contribution in [-0.2, 0) is 9.59 Å². The van der Waals surface area contributed by atoms with Gasteiger partial charge in [0.1, 0.15) is 6.10 Å². The van der Waals surface area contributed by atoms with Gasteiger partial charge < -0.3 is 21.9 Å². The topological polar surface area (TPSA) is 118 Å². The average Bonchev–Trinajstić information content (AvgIpc) is 2.13. The van der Waals surface area contributed by atoms with E-state index >= 15 is 0 Å². The maximum atomic E-state index is 11.2. The van der Waals surface area contributed by atoms with Gasteiger partial charge in [0.25, 0.3) is 0 Å². The van der Waals surface area contributed by atoms with Crippen LogP contribution in [0.5, 0.6) is 0 Å². The number of carbonyl (C=O) groups excluding carboxylic acids is 2. The Morgan fingerprint density at radius 2 is 2.07 bits per heavy atom. The summed E-state index contributed by atoms with van der Waals surface area (Å²) in [4.78, 5) is 21.6. The van der Waals surface area contributed by atoms with Gasteiger partial charge in [-0.25, -0.2) is 0 Å². The highest BCUT2D eigenvalue weighted by Gasteiger charge is 2.15.